The first-order valence-electron chi connectivity index (χ1n) is 10.8. The number of carbonyl (C=O) groups excluding carboxylic acids is 1. The van der Waals surface area contributed by atoms with Gasteiger partial charge in [-0.1, -0.05) is 17.4 Å². The number of aromatic nitrogens is 1. The predicted molar refractivity (Wildman–Crippen MR) is 121 cm³/mol. The molecule has 0 radical (unpaired) electrons. The van der Waals surface area contributed by atoms with Gasteiger partial charge in [0.15, 0.2) is 0 Å². The molecule has 9 heteroatoms. The van der Waals surface area contributed by atoms with Crippen LogP contribution in [0, 0.1) is 5.82 Å². The van der Waals surface area contributed by atoms with E-state index in [1.54, 1.807) is 12.1 Å². The fraction of sp³-hybridized carbons (Fsp3) is 0.391. The van der Waals surface area contributed by atoms with Gasteiger partial charge >= 0.3 is 6.03 Å². The summed E-state index contributed by atoms with van der Waals surface area (Å²) in [7, 11) is 0. The average Bonchev–Trinajstić information content (AvgIpc) is 3.27. The van der Waals surface area contributed by atoms with Crippen LogP contribution < -0.4 is 20.5 Å². The molecule has 168 valence electrons. The number of halogens is 1. The zero-order valence-electron chi connectivity index (χ0n) is 17.5. The molecule has 32 heavy (non-hydrogen) atoms. The highest BCUT2D eigenvalue weighted by Crippen LogP contribution is 2.36. The summed E-state index contributed by atoms with van der Waals surface area (Å²) in [5, 5.41) is 3.27. The number of nitrogens with zero attached hydrogens (tertiary/aromatic N) is 2. The molecule has 2 bridgehead atoms. The largest absolute Gasteiger partial charge is 0.492 e. The number of ether oxygens (including phenoxy) is 2. The lowest BCUT2D eigenvalue weighted by Gasteiger charge is -2.38. The lowest BCUT2D eigenvalue weighted by Crippen LogP contribution is -2.52. The highest BCUT2D eigenvalue weighted by atomic mass is 32.1. The molecule has 1 unspecified atom stereocenters. The van der Waals surface area contributed by atoms with E-state index in [0.29, 0.717) is 39.9 Å². The fourth-order valence-electron chi connectivity index (χ4n) is 4.87. The van der Waals surface area contributed by atoms with Crippen LogP contribution in [0.4, 0.5) is 9.18 Å². The summed E-state index contributed by atoms with van der Waals surface area (Å²) in [5.74, 6) is 1.10. The number of fused-ring (bicyclic) bond motifs is 3. The number of hydrogen-bond acceptors (Lipinski definition) is 6. The third-order valence-electron chi connectivity index (χ3n) is 6.23. The summed E-state index contributed by atoms with van der Waals surface area (Å²) in [6.45, 7) is 1.45. The van der Waals surface area contributed by atoms with Gasteiger partial charge in [-0.05, 0) is 62.1 Å². The first-order chi connectivity index (χ1) is 15.5. The van der Waals surface area contributed by atoms with Crippen molar-refractivity contribution >= 4 is 27.6 Å². The summed E-state index contributed by atoms with van der Waals surface area (Å²) < 4.78 is 26.1. The van der Waals surface area contributed by atoms with E-state index in [-0.39, 0.29) is 11.9 Å². The lowest BCUT2D eigenvalue weighted by atomic mass is 9.97. The molecule has 1 aromatic heterocycles. The number of benzene rings is 2. The van der Waals surface area contributed by atoms with Crippen molar-refractivity contribution in [3.05, 3.63) is 48.3 Å². The molecule has 3 atom stereocenters. The maximum absolute atomic E-state index is 13.8. The van der Waals surface area contributed by atoms with Crippen molar-refractivity contribution in [2.24, 2.45) is 5.73 Å². The van der Waals surface area contributed by atoms with Crippen LogP contribution >= 0.6 is 11.3 Å². The number of amides is 2. The molecule has 2 fully saturated rings. The van der Waals surface area contributed by atoms with Gasteiger partial charge in [0, 0.05) is 24.7 Å². The van der Waals surface area contributed by atoms with Crippen LogP contribution in [0.3, 0.4) is 0 Å². The Bertz CT molecular complexity index is 1090. The van der Waals surface area contributed by atoms with E-state index in [1.807, 2.05) is 24.3 Å². The van der Waals surface area contributed by atoms with Crippen LogP contribution in [-0.4, -0.2) is 47.2 Å². The average molecular weight is 457 g/mol. The minimum atomic E-state index is -0.436. The number of hydrogen-bond donors (Lipinski definition) is 2. The minimum absolute atomic E-state index is 0.182. The van der Waals surface area contributed by atoms with Gasteiger partial charge in [0.1, 0.15) is 23.9 Å². The number of nitrogens with two attached hydrogens (primary N) is 1. The maximum atomic E-state index is 13.8. The highest BCUT2D eigenvalue weighted by Gasteiger charge is 2.40. The molecule has 5 rings (SSSR count). The monoisotopic (exact) mass is 456 g/mol. The van der Waals surface area contributed by atoms with Gasteiger partial charge in [-0.15, -0.1) is 0 Å². The fourth-order valence-corrected chi connectivity index (χ4v) is 5.71. The second-order valence-electron chi connectivity index (χ2n) is 8.29. The smallest absolute Gasteiger partial charge is 0.312 e. The number of piperidine rings is 1. The van der Waals surface area contributed by atoms with Gasteiger partial charge in [0.2, 0.25) is 0 Å². The Morgan fingerprint density at radius 3 is 2.56 bits per heavy atom. The van der Waals surface area contributed by atoms with Crippen LogP contribution in [0.2, 0.25) is 0 Å². The van der Waals surface area contributed by atoms with Crippen molar-refractivity contribution in [1.82, 2.24) is 15.2 Å². The van der Waals surface area contributed by atoms with E-state index < -0.39 is 6.03 Å². The summed E-state index contributed by atoms with van der Waals surface area (Å²) in [6, 6.07) is 12.9. The SMILES string of the molecule is NC(=O)NC1C[C@H]2CC[C@@H](C1)N2CCOc1ccc(Oc2nc3cccc(F)c3s2)cc1. The van der Waals surface area contributed by atoms with E-state index in [2.05, 4.69) is 15.2 Å². The Labute approximate surface area is 189 Å². The second kappa shape index (κ2) is 8.91. The first-order valence-corrected chi connectivity index (χ1v) is 11.6. The van der Waals surface area contributed by atoms with Crippen molar-refractivity contribution in [1.29, 1.82) is 0 Å². The molecule has 2 amide bonds. The molecule has 2 aliphatic rings. The van der Waals surface area contributed by atoms with E-state index in [9.17, 15) is 9.18 Å². The molecular weight excluding hydrogens is 431 g/mol. The van der Waals surface area contributed by atoms with Crippen LogP contribution in [0.15, 0.2) is 42.5 Å². The van der Waals surface area contributed by atoms with E-state index in [1.165, 1.54) is 17.4 Å². The molecule has 0 aliphatic carbocycles. The molecule has 3 aromatic rings. The minimum Gasteiger partial charge on any atom is -0.492 e. The third kappa shape index (κ3) is 4.49. The highest BCUT2D eigenvalue weighted by molar-refractivity contribution is 7.20. The van der Waals surface area contributed by atoms with Crippen molar-refractivity contribution in [2.75, 3.05) is 13.2 Å². The number of primary amides is 1. The summed E-state index contributed by atoms with van der Waals surface area (Å²) in [5.41, 5.74) is 5.87. The zero-order chi connectivity index (χ0) is 22.1. The van der Waals surface area contributed by atoms with Gasteiger partial charge in [-0.2, -0.15) is 0 Å². The molecule has 7 nitrogen and oxygen atoms in total. The van der Waals surface area contributed by atoms with Crippen LogP contribution in [0.5, 0.6) is 16.7 Å². The second-order valence-corrected chi connectivity index (χ2v) is 9.25. The van der Waals surface area contributed by atoms with Crippen LogP contribution in [0.1, 0.15) is 25.7 Å². The topological polar surface area (TPSA) is 89.7 Å². The Morgan fingerprint density at radius 2 is 1.88 bits per heavy atom. The predicted octanol–water partition coefficient (Wildman–Crippen LogP) is 4.27. The van der Waals surface area contributed by atoms with E-state index in [0.717, 1.165) is 38.0 Å². The molecular formula is C23H25FN4O3S. The number of thiazole rings is 1. The molecule has 2 aromatic carbocycles. The lowest BCUT2D eigenvalue weighted by molar-refractivity contribution is 0.1000. The Hall–Kier alpha value is -2.91. The molecule has 2 aliphatic heterocycles. The normalized spacial score (nSPS) is 22.7. The Kier molecular flexibility index (Phi) is 5.84. The number of rotatable bonds is 7. The van der Waals surface area contributed by atoms with Crippen molar-refractivity contribution < 1.29 is 18.7 Å². The standard InChI is InChI=1S/C23H25FN4O3S/c24-19-2-1-3-20-21(19)32-23(27-20)31-18-8-6-17(7-9-18)30-11-10-28-15-4-5-16(28)13-14(12-15)26-22(25)29/h1-3,6-9,14-16H,4-5,10-13H2,(H3,25,26,29)/t14?,15-,16+. The first kappa shape index (κ1) is 21.0. The van der Waals surface area contributed by atoms with Gasteiger partial charge in [-0.25, -0.2) is 14.2 Å². The Balaban J connectivity index is 1.12. The van der Waals surface area contributed by atoms with E-state index >= 15 is 0 Å². The molecule has 3 heterocycles. The number of nitrogens with one attached hydrogen (secondary N) is 1. The summed E-state index contributed by atoms with van der Waals surface area (Å²) >= 11 is 1.19. The summed E-state index contributed by atoms with van der Waals surface area (Å²) in [4.78, 5) is 18.0. The molecule has 2 saturated heterocycles. The van der Waals surface area contributed by atoms with E-state index in [4.69, 9.17) is 15.2 Å². The number of carbonyl (C=O) groups is 1. The maximum Gasteiger partial charge on any atom is 0.312 e. The van der Waals surface area contributed by atoms with Gasteiger partial charge in [0.25, 0.3) is 5.19 Å². The van der Waals surface area contributed by atoms with Crippen molar-refractivity contribution in [3.8, 4) is 16.7 Å². The van der Waals surface area contributed by atoms with Gasteiger partial charge in [0.05, 0.1) is 10.2 Å². The van der Waals surface area contributed by atoms with Crippen LogP contribution in [0.25, 0.3) is 10.2 Å². The third-order valence-corrected chi connectivity index (χ3v) is 7.18. The number of urea groups is 1. The Morgan fingerprint density at radius 1 is 1.16 bits per heavy atom. The molecule has 0 saturated carbocycles. The van der Waals surface area contributed by atoms with Gasteiger partial charge in [-0.3, -0.25) is 4.90 Å². The van der Waals surface area contributed by atoms with Crippen molar-refractivity contribution in [2.45, 2.75) is 43.8 Å². The molecule has 3 N–H and O–H groups in total. The van der Waals surface area contributed by atoms with Crippen molar-refractivity contribution in [3.63, 3.8) is 0 Å². The zero-order valence-corrected chi connectivity index (χ0v) is 18.3. The summed E-state index contributed by atoms with van der Waals surface area (Å²) in [6.07, 6.45) is 4.20. The molecule has 0 spiro atoms. The van der Waals surface area contributed by atoms with Crippen LogP contribution in [-0.2, 0) is 0 Å². The quantitative estimate of drug-likeness (QED) is 0.554. The van der Waals surface area contributed by atoms with Gasteiger partial charge < -0.3 is 20.5 Å².